The van der Waals surface area contributed by atoms with Crippen molar-refractivity contribution in [2.75, 3.05) is 19.7 Å². The Labute approximate surface area is 165 Å². The van der Waals surface area contributed by atoms with E-state index in [1.165, 1.54) is 9.58 Å². The van der Waals surface area contributed by atoms with Crippen LogP contribution < -0.4 is 5.56 Å². The average Bonchev–Trinajstić information content (AvgIpc) is 2.76. The molecular weight excluding hydrogens is 374 g/mol. The maximum Gasteiger partial charge on any atom is 0.334 e. The zero-order valence-corrected chi connectivity index (χ0v) is 15.5. The number of morpholine rings is 1. The number of amides is 1. The smallest absolute Gasteiger partial charge is 0.334 e. The topological polar surface area (TPSA) is 102 Å². The Morgan fingerprint density at radius 1 is 1.07 bits per heavy atom. The summed E-state index contributed by atoms with van der Waals surface area (Å²) < 4.78 is 6.47. The number of nitrogens with zero attached hydrogens (tertiary/aromatic N) is 3. The van der Waals surface area contributed by atoms with Gasteiger partial charge < -0.3 is 14.7 Å². The maximum absolute atomic E-state index is 13.2. The van der Waals surface area contributed by atoms with Crippen molar-refractivity contribution in [2.45, 2.75) is 12.6 Å². The van der Waals surface area contributed by atoms with Crippen molar-refractivity contribution in [1.82, 2.24) is 14.7 Å². The largest absolute Gasteiger partial charge is 0.479 e. The van der Waals surface area contributed by atoms with Gasteiger partial charge in [0.15, 0.2) is 11.8 Å². The van der Waals surface area contributed by atoms with E-state index in [2.05, 4.69) is 5.10 Å². The molecule has 1 saturated heterocycles. The first-order chi connectivity index (χ1) is 14.0. The van der Waals surface area contributed by atoms with Gasteiger partial charge in [0.1, 0.15) is 0 Å². The van der Waals surface area contributed by atoms with Gasteiger partial charge >= 0.3 is 5.97 Å². The van der Waals surface area contributed by atoms with Gasteiger partial charge in [-0.2, -0.15) is 5.10 Å². The molecule has 29 heavy (non-hydrogen) atoms. The summed E-state index contributed by atoms with van der Waals surface area (Å²) in [5.74, 6) is -1.54. The third-order valence-corrected chi connectivity index (χ3v) is 4.87. The van der Waals surface area contributed by atoms with Gasteiger partial charge in [-0.15, -0.1) is 0 Å². The van der Waals surface area contributed by atoms with Crippen LogP contribution in [0.4, 0.5) is 0 Å². The van der Waals surface area contributed by atoms with Crippen LogP contribution in [0.15, 0.2) is 59.4 Å². The van der Waals surface area contributed by atoms with Gasteiger partial charge in [-0.1, -0.05) is 48.5 Å². The fourth-order valence-electron chi connectivity index (χ4n) is 3.39. The highest BCUT2D eigenvalue weighted by Crippen LogP contribution is 2.17. The summed E-state index contributed by atoms with van der Waals surface area (Å²) in [5.41, 5.74) is 0.724. The second kappa shape index (κ2) is 7.84. The molecule has 8 heteroatoms. The van der Waals surface area contributed by atoms with Crippen LogP contribution in [0.5, 0.6) is 0 Å². The zero-order valence-electron chi connectivity index (χ0n) is 15.5. The molecule has 0 spiro atoms. The number of hydrogen-bond acceptors (Lipinski definition) is 5. The molecule has 1 aliphatic heterocycles. The first-order valence-electron chi connectivity index (χ1n) is 9.22. The number of aliphatic carboxylic acids is 1. The Bertz CT molecular complexity index is 1130. The number of carbonyl (C=O) groups excluding carboxylic acids is 1. The van der Waals surface area contributed by atoms with Crippen molar-refractivity contribution in [3.8, 4) is 0 Å². The van der Waals surface area contributed by atoms with Crippen molar-refractivity contribution in [2.24, 2.45) is 0 Å². The third-order valence-electron chi connectivity index (χ3n) is 4.87. The number of benzene rings is 2. The molecule has 2 aromatic carbocycles. The molecule has 8 nitrogen and oxygen atoms in total. The standard InChI is InChI=1S/C21H19N3O5/c25-19-16-9-5-4-8-15(16)18(22-24(19)12-14-6-2-1-3-7-14)20(26)23-10-11-29-17(13-23)21(27)28/h1-9,17H,10-13H2,(H,27,28)/t17-/m0/s1. The molecule has 1 fully saturated rings. The molecule has 0 radical (unpaired) electrons. The SMILES string of the molecule is O=C(O)[C@@H]1CN(C(=O)c2nn(Cc3ccccc3)c(=O)c3ccccc23)CCO1. The lowest BCUT2D eigenvalue weighted by Gasteiger charge is -2.30. The van der Waals surface area contributed by atoms with E-state index >= 15 is 0 Å². The molecule has 1 N–H and O–H groups in total. The summed E-state index contributed by atoms with van der Waals surface area (Å²) in [5, 5.41) is 14.4. The number of carbonyl (C=O) groups is 2. The van der Waals surface area contributed by atoms with Crippen LogP contribution in [0.3, 0.4) is 0 Å². The minimum Gasteiger partial charge on any atom is -0.479 e. The van der Waals surface area contributed by atoms with Crippen molar-refractivity contribution >= 4 is 22.6 Å². The van der Waals surface area contributed by atoms with Crippen LogP contribution in [0.25, 0.3) is 10.8 Å². The van der Waals surface area contributed by atoms with E-state index in [0.717, 1.165) is 5.56 Å². The number of ether oxygens (including phenoxy) is 1. The van der Waals surface area contributed by atoms with Gasteiger partial charge in [0.2, 0.25) is 0 Å². The van der Waals surface area contributed by atoms with Crippen molar-refractivity contribution in [1.29, 1.82) is 0 Å². The predicted octanol–water partition coefficient (Wildman–Crippen LogP) is 1.37. The summed E-state index contributed by atoms with van der Waals surface area (Å²) in [6.07, 6.45) is -1.07. The molecule has 4 rings (SSSR count). The van der Waals surface area contributed by atoms with Gasteiger partial charge in [-0.05, 0) is 11.6 Å². The maximum atomic E-state index is 13.2. The number of aromatic nitrogens is 2. The van der Waals surface area contributed by atoms with E-state index in [1.807, 2.05) is 30.3 Å². The first-order valence-corrected chi connectivity index (χ1v) is 9.22. The Hall–Kier alpha value is -3.52. The fraction of sp³-hybridized carbons (Fsp3) is 0.238. The summed E-state index contributed by atoms with van der Waals surface area (Å²) in [4.78, 5) is 38.8. The van der Waals surface area contributed by atoms with Crippen LogP contribution in [-0.2, 0) is 16.1 Å². The molecule has 2 heterocycles. The average molecular weight is 393 g/mol. The van der Waals surface area contributed by atoms with Crippen LogP contribution in [0, 0.1) is 0 Å². The van der Waals surface area contributed by atoms with Crippen LogP contribution in [0.1, 0.15) is 16.1 Å². The molecule has 1 aliphatic rings. The summed E-state index contributed by atoms with van der Waals surface area (Å²) in [7, 11) is 0. The predicted molar refractivity (Wildman–Crippen MR) is 105 cm³/mol. The third kappa shape index (κ3) is 3.74. The zero-order chi connectivity index (χ0) is 20.4. The van der Waals surface area contributed by atoms with Crippen LogP contribution >= 0.6 is 0 Å². The molecule has 1 atom stereocenters. The van der Waals surface area contributed by atoms with Gasteiger partial charge in [0, 0.05) is 11.9 Å². The molecule has 0 unspecified atom stereocenters. The highest BCUT2D eigenvalue weighted by Gasteiger charge is 2.31. The van der Waals surface area contributed by atoms with E-state index in [1.54, 1.807) is 24.3 Å². The second-order valence-electron chi connectivity index (χ2n) is 6.79. The van der Waals surface area contributed by atoms with Crippen molar-refractivity contribution in [3.05, 3.63) is 76.2 Å². The quantitative estimate of drug-likeness (QED) is 0.718. The minimum atomic E-state index is -1.12. The number of fused-ring (bicyclic) bond motifs is 1. The van der Waals surface area contributed by atoms with E-state index in [4.69, 9.17) is 4.74 Å². The Balaban J connectivity index is 1.77. The highest BCUT2D eigenvalue weighted by molar-refractivity contribution is 6.05. The Morgan fingerprint density at radius 2 is 1.76 bits per heavy atom. The van der Waals surface area contributed by atoms with Gasteiger partial charge in [-0.25, -0.2) is 9.48 Å². The summed E-state index contributed by atoms with van der Waals surface area (Å²) >= 11 is 0. The lowest BCUT2D eigenvalue weighted by Crippen LogP contribution is -2.49. The van der Waals surface area contributed by atoms with Crippen molar-refractivity contribution < 1.29 is 19.4 Å². The Kier molecular flexibility index (Phi) is 5.09. The lowest BCUT2D eigenvalue weighted by atomic mass is 10.1. The minimum absolute atomic E-state index is 0.0675. The number of carboxylic acid groups (broad SMARTS) is 1. The normalized spacial score (nSPS) is 16.7. The van der Waals surface area contributed by atoms with E-state index < -0.39 is 18.0 Å². The number of carboxylic acids is 1. The lowest BCUT2D eigenvalue weighted by molar-refractivity contribution is -0.154. The monoisotopic (exact) mass is 393 g/mol. The first kappa shape index (κ1) is 18.8. The van der Waals surface area contributed by atoms with E-state index in [-0.39, 0.29) is 37.5 Å². The molecule has 1 aromatic heterocycles. The van der Waals surface area contributed by atoms with Crippen LogP contribution in [0.2, 0.25) is 0 Å². The van der Waals surface area contributed by atoms with Gasteiger partial charge in [-0.3, -0.25) is 9.59 Å². The van der Waals surface area contributed by atoms with Crippen molar-refractivity contribution in [3.63, 3.8) is 0 Å². The number of hydrogen-bond donors (Lipinski definition) is 1. The van der Waals surface area contributed by atoms with Crippen LogP contribution in [-0.4, -0.2) is 57.5 Å². The molecule has 0 saturated carbocycles. The summed E-state index contributed by atoms with van der Waals surface area (Å²) in [6.45, 7) is 0.550. The van der Waals surface area contributed by atoms with E-state index in [0.29, 0.717) is 10.8 Å². The summed E-state index contributed by atoms with van der Waals surface area (Å²) in [6, 6.07) is 16.2. The Morgan fingerprint density at radius 3 is 2.48 bits per heavy atom. The molecule has 3 aromatic rings. The molecule has 1 amide bonds. The van der Waals surface area contributed by atoms with Gasteiger partial charge in [0.05, 0.1) is 25.1 Å². The molecule has 0 aliphatic carbocycles. The second-order valence-corrected chi connectivity index (χ2v) is 6.79. The van der Waals surface area contributed by atoms with Gasteiger partial charge in [0.25, 0.3) is 11.5 Å². The fourth-order valence-corrected chi connectivity index (χ4v) is 3.39. The van der Waals surface area contributed by atoms with E-state index in [9.17, 15) is 19.5 Å². The highest BCUT2D eigenvalue weighted by atomic mass is 16.5. The molecular formula is C21H19N3O5. The number of rotatable bonds is 4. The molecule has 148 valence electrons. The molecule has 0 bridgehead atoms.